The van der Waals surface area contributed by atoms with Crippen LogP contribution in [0.4, 0.5) is 14.5 Å². The predicted molar refractivity (Wildman–Crippen MR) is 73.8 cm³/mol. The van der Waals surface area contributed by atoms with E-state index in [1.807, 2.05) is 0 Å². The Morgan fingerprint density at radius 1 is 1.33 bits per heavy atom. The van der Waals surface area contributed by atoms with Crippen LogP contribution < -0.4 is 20.1 Å². The van der Waals surface area contributed by atoms with Gasteiger partial charge in [-0.25, -0.2) is 0 Å². The number of rotatable bonds is 5. The maximum absolute atomic E-state index is 12.3. The van der Waals surface area contributed by atoms with Crippen molar-refractivity contribution in [1.29, 1.82) is 0 Å². The second kappa shape index (κ2) is 6.53. The van der Waals surface area contributed by atoms with Crippen LogP contribution >= 0.6 is 0 Å². The van der Waals surface area contributed by atoms with Crippen LogP contribution in [-0.4, -0.2) is 32.7 Å². The second-order valence-electron chi connectivity index (χ2n) is 4.53. The van der Waals surface area contributed by atoms with Crippen molar-refractivity contribution in [3.63, 3.8) is 0 Å². The average Bonchev–Trinajstić information content (AvgIpc) is 2.36. The average molecular weight is 298 g/mol. The van der Waals surface area contributed by atoms with Crippen LogP contribution in [0.2, 0.25) is 0 Å². The number of hydrogen-bond donors (Lipinski definition) is 2. The summed E-state index contributed by atoms with van der Waals surface area (Å²) in [5, 5.41) is 5.70. The smallest absolute Gasteiger partial charge is 0.387 e. The van der Waals surface area contributed by atoms with Crippen LogP contribution in [0.15, 0.2) is 29.3 Å². The first-order valence-electron chi connectivity index (χ1n) is 6.35. The highest BCUT2D eigenvalue weighted by Gasteiger charge is 2.17. The molecule has 2 rings (SSSR count). The van der Waals surface area contributed by atoms with Crippen LogP contribution in [0.3, 0.4) is 0 Å². The molecule has 0 atom stereocenters. The van der Waals surface area contributed by atoms with Gasteiger partial charge in [-0.2, -0.15) is 8.78 Å². The van der Waals surface area contributed by atoms with Gasteiger partial charge in [0.25, 0.3) is 5.91 Å². The van der Waals surface area contributed by atoms with Crippen LogP contribution in [0, 0.1) is 0 Å². The fourth-order valence-electron chi connectivity index (χ4n) is 1.84. The molecule has 0 bridgehead atoms. The Kier molecular flexibility index (Phi) is 4.74. The van der Waals surface area contributed by atoms with Gasteiger partial charge in [-0.05, 0) is 24.6 Å². The van der Waals surface area contributed by atoms with Crippen molar-refractivity contribution in [3.8, 4) is 11.5 Å². The molecule has 0 unspecified atom stereocenters. The molecule has 0 aromatic heterocycles. The van der Waals surface area contributed by atoms with E-state index in [1.165, 1.54) is 19.2 Å². The summed E-state index contributed by atoms with van der Waals surface area (Å²) in [6.07, 6.45) is 0. The van der Waals surface area contributed by atoms with E-state index in [2.05, 4.69) is 15.4 Å². The molecule has 5 nitrogen and oxygen atoms in total. The Morgan fingerprint density at radius 3 is 2.57 bits per heavy atom. The van der Waals surface area contributed by atoms with Crippen molar-refractivity contribution >= 4 is 11.6 Å². The lowest BCUT2D eigenvalue weighted by Crippen LogP contribution is -2.36. The van der Waals surface area contributed by atoms with Gasteiger partial charge in [-0.3, -0.25) is 4.79 Å². The number of alkyl halides is 2. The molecule has 0 saturated carbocycles. The molecule has 7 heteroatoms. The van der Waals surface area contributed by atoms with E-state index in [0.717, 1.165) is 5.57 Å². The number of amides is 1. The summed E-state index contributed by atoms with van der Waals surface area (Å²) in [5.74, 6) is -0.216. The Hall–Kier alpha value is -2.15. The molecule has 1 amide bonds. The van der Waals surface area contributed by atoms with Gasteiger partial charge >= 0.3 is 6.61 Å². The Morgan fingerprint density at radius 2 is 2.05 bits per heavy atom. The normalized spacial score (nSPS) is 13.7. The summed E-state index contributed by atoms with van der Waals surface area (Å²) < 4.78 is 34.0. The zero-order valence-corrected chi connectivity index (χ0v) is 11.7. The van der Waals surface area contributed by atoms with Crippen LogP contribution in [0.25, 0.3) is 0 Å². The Labute approximate surface area is 120 Å². The third-order valence-corrected chi connectivity index (χ3v) is 3.19. The van der Waals surface area contributed by atoms with Crippen molar-refractivity contribution in [2.75, 3.05) is 25.5 Å². The number of anilines is 1. The molecule has 2 N–H and O–H groups in total. The predicted octanol–water partition coefficient (Wildman–Crippen LogP) is 2.15. The summed E-state index contributed by atoms with van der Waals surface area (Å²) in [6, 6.07) is 4.33. The van der Waals surface area contributed by atoms with Gasteiger partial charge in [0, 0.05) is 30.4 Å². The summed E-state index contributed by atoms with van der Waals surface area (Å²) in [5.41, 5.74) is 2.02. The molecule has 1 aromatic carbocycles. The first-order valence-corrected chi connectivity index (χ1v) is 6.35. The highest BCUT2D eigenvalue weighted by atomic mass is 19.3. The largest absolute Gasteiger partial charge is 0.493 e. The number of nitrogens with one attached hydrogen (secondary N) is 2. The summed E-state index contributed by atoms with van der Waals surface area (Å²) >= 11 is 0. The molecule has 0 radical (unpaired) electrons. The van der Waals surface area contributed by atoms with E-state index in [1.54, 1.807) is 13.0 Å². The molecule has 1 aromatic rings. The summed E-state index contributed by atoms with van der Waals surface area (Å²) in [6.45, 7) is 0.157. The van der Waals surface area contributed by atoms with E-state index in [9.17, 15) is 13.6 Å². The highest BCUT2D eigenvalue weighted by molar-refractivity contribution is 6.04. The lowest BCUT2D eigenvalue weighted by atomic mass is 10.0. The SMILES string of the molecule is COc1ccc(NC(=O)C(C)=C2CNC2)cc1OC(F)F. The lowest BCUT2D eigenvalue weighted by Gasteiger charge is -2.21. The second-order valence-corrected chi connectivity index (χ2v) is 4.53. The first-order chi connectivity index (χ1) is 10.0. The van der Waals surface area contributed by atoms with E-state index in [-0.39, 0.29) is 17.4 Å². The Balaban J connectivity index is 2.14. The maximum atomic E-state index is 12.3. The summed E-state index contributed by atoms with van der Waals surface area (Å²) in [7, 11) is 1.35. The number of carbonyl (C=O) groups excluding carboxylic acids is 1. The first kappa shape index (κ1) is 15.2. The van der Waals surface area contributed by atoms with E-state index >= 15 is 0 Å². The third kappa shape index (κ3) is 3.69. The number of methoxy groups -OCH3 is 1. The van der Waals surface area contributed by atoms with Gasteiger partial charge in [0.15, 0.2) is 11.5 Å². The van der Waals surface area contributed by atoms with Crippen LogP contribution in [-0.2, 0) is 4.79 Å². The minimum atomic E-state index is -2.96. The zero-order chi connectivity index (χ0) is 15.4. The third-order valence-electron chi connectivity index (χ3n) is 3.19. The monoisotopic (exact) mass is 298 g/mol. The van der Waals surface area contributed by atoms with Gasteiger partial charge in [0.2, 0.25) is 0 Å². The van der Waals surface area contributed by atoms with Crippen LogP contribution in [0.5, 0.6) is 11.5 Å². The van der Waals surface area contributed by atoms with Crippen molar-refractivity contribution < 1.29 is 23.0 Å². The van der Waals surface area contributed by atoms with Crippen molar-refractivity contribution in [1.82, 2.24) is 5.32 Å². The molecular formula is C14H16F2N2O3. The quantitative estimate of drug-likeness (QED) is 0.818. The Bertz CT molecular complexity index is 567. The van der Waals surface area contributed by atoms with Gasteiger partial charge in [-0.15, -0.1) is 0 Å². The van der Waals surface area contributed by atoms with Crippen molar-refractivity contribution in [2.24, 2.45) is 0 Å². The standard InChI is InChI=1S/C14H16F2N2O3/c1-8(9-6-17-7-9)13(19)18-10-3-4-11(20-2)12(5-10)21-14(15)16/h3-5,14,17H,6-7H2,1-2H3,(H,18,19). The minimum absolute atomic E-state index is 0.124. The molecule has 0 spiro atoms. The molecule has 1 aliphatic heterocycles. The van der Waals surface area contributed by atoms with Crippen LogP contribution in [0.1, 0.15) is 6.92 Å². The van der Waals surface area contributed by atoms with E-state index in [0.29, 0.717) is 24.4 Å². The van der Waals surface area contributed by atoms with Crippen molar-refractivity contribution in [3.05, 3.63) is 29.3 Å². The number of carbonyl (C=O) groups is 1. The fraction of sp³-hybridized carbons (Fsp3) is 0.357. The maximum Gasteiger partial charge on any atom is 0.387 e. The molecule has 1 aliphatic rings. The molecule has 1 fully saturated rings. The fourth-order valence-corrected chi connectivity index (χ4v) is 1.84. The molecule has 114 valence electrons. The number of halogens is 2. The van der Waals surface area contributed by atoms with Crippen molar-refractivity contribution in [2.45, 2.75) is 13.5 Å². The summed E-state index contributed by atoms with van der Waals surface area (Å²) in [4.78, 5) is 12.0. The van der Waals surface area contributed by atoms with E-state index < -0.39 is 6.61 Å². The number of hydrogen-bond acceptors (Lipinski definition) is 4. The zero-order valence-electron chi connectivity index (χ0n) is 11.7. The number of ether oxygens (including phenoxy) is 2. The molecule has 0 aliphatic carbocycles. The van der Waals surface area contributed by atoms with Gasteiger partial charge < -0.3 is 20.1 Å². The van der Waals surface area contributed by atoms with Gasteiger partial charge in [-0.1, -0.05) is 0 Å². The molecular weight excluding hydrogens is 282 g/mol. The lowest BCUT2D eigenvalue weighted by molar-refractivity contribution is -0.112. The minimum Gasteiger partial charge on any atom is -0.493 e. The molecule has 1 saturated heterocycles. The molecule has 1 heterocycles. The highest BCUT2D eigenvalue weighted by Crippen LogP contribution is 2.31. The van der Waals surface area contributed by atoms with Gasteiger partial charge in [0.05, 0.1) is 7.11 Å². The van der Waals surface area contributed by atoms with E-state index in [4.69, 9.17) is 4.74 Å². The number of benzene rings is 1. The topological polar surface area (TPSA) is 59.6 Å². The molecule has 21 heavy (non-hydrogen) atoms. The van der Waals surface area contributed by atoms with Gasteiger partial charge in [0.1, 0.15) is 0 Å².